The van der Waals surface area contributed by atoms with Crippen molar-refractivity contribution >= 4 is 49.1 Å². The highest BCUT2D eigenvalue weighted by Crippen LogP contribution is 2.34. The van der Waals surface area contributed by atoms with Crippen molar-refractivity contribution in [2.75, 3.05) is 19.5 Å². The Morgan fingerprint density at radius 3 is 2.70 bits per heavy atom. The van der Waals surface area contributed by atoms with E-state index < -0.39 is 0 Å². The summed E-state index contributed by atoms with van der Waals surface area (Å²) < 4.78 is 17.4. The van der Waals surface area contributed by atoms with Gasteiger partial charge in [-0.25, -0.2) is 0 Å². The molecule has 0 saturated carbocycles. The molecule has 0 aliphatic carbocycles. The molecule has 0 fully saturated rings. The van der Waals surface area contributed by atoms with E-state index in [1.165, 1.54) is 11.5 Å². The lowest BCUT2D eigenvalue weighted by Gasteiger charge is -2.14. The number of methoxy groups -OCH3 is 2. The molecule has 0 atom stereocenters. The molecule has 0 saturated heterocycles. The van der Waals surface area contributed by atoms with Crippen LogP contribution in [0, 0.1) is 6.92 Å². The molecule has 4 nitrogen and oxygen atoms in total. The number of hydrogen-bond acceptors (Lipinski definition) is 5. The number of nitrogens with zero attached hydrogens (tertiary/aromatic N) is 1. The van der Waals surface area contributed by atoms with Crippen LogP contribution in [-0.2, 0) is 9.47 Å². The van der Waals surface area contributed by atoms with Crippen molar-refractivity contribution < 1.29 is 9.47 Å². The Hall–Kier alpha value is -1.47. The smallest absolute Gasteiger partial charge is 0.183 e. The maximum atomic E-state index is 5.34. The highest BCUT2D eigenvalue weighted by molar-refractivity contribution is 9.10. The number of fused-ring (bicyclic) bond motifs is 1. The molecule has 3 aromatic rings. The lowest BCUT2D eigenvalue weighted by atomic mass is 10.1. The third-order valence-electron chi connectivity index (χ3n) is 3.72. The van der Waals surface area contributed by atoms with Gasteiger partial charge in [-0.3, -0.25) is 0 Å². The predicted molar refractivity (Wildman–Crippen MR) is 98.5 cm³/mol. The van der Waals surface area contributed by atoms with Gasteiger partial charge < -0.3 is 14.8 Å². The fourth-order valence-corrected chi connectivity index (χ4v) is 3.51. The molecule has 3 rings (SSSR count). The first kappa shape index (κ1) is 16.4. The van der Waals surface area contributed by atoms with Gasteiger partial charge in [0.1, 0.15) is 0 Å². The summed E-state index contributed by atoms with van der Waals surface area (Å²) in [4.78, 5) is 0. The second-order valence-electron chi connectivity index (χ2n) is 5.13. The lowest BCUT2D eigenvalue weighted by Crippen LogP contribution is -2.03. The number of nitrogens with one attached hydrogen (secondary N) is 1. The Balaban J connectivity index is 2.01. The van der Waals surface area contributed by atoms with Crippen LogP contribution in [0.2, 0.25) is 0 Å². The predicted octanol–water partition coefficient (Wildman–Crippen LogP) is 5.40. The topological polar surface area (TPSA) is 43.4 Å². The van der Waals surface area contributed by atoms with Gasteiger partial charge in [0.2, 0.25) is 0 Å². The summed E-state index contributed by atoms with van der Waals surface area (Å²) >= 11 is 5.03. The van der Waals surface area contributed by atoms with E-state index in [9.17, 15) is 0 Å². The van der Waals surface area contributed by atoms with E-state index in [2.05, 4.69) is 38.6 Å². The molecule has 2 aromatic carbocycles. The van der Waals surface area contributed by atoms with Crippen molar-refractivity contribution in [1.82, 2.24) is 4.37 Å². The van der Waals surface area contributed by atoms with Crippen molar-refractivity contribution in [3.63, 3.8) is 0 Å². The fraction of sp³-hybridized carbons (Fsp3) is 0.235. The van der Waals surface area contributed by atoms with Crippen LogP contribution in [0.4, 0.5) is 11.5 Å². The van der Waals surface area contributed by atoms with E-state index in [0.29, 0.717) is 0 Å². The van der Waals surface area contributed by atoms with Crippen molar-refractivity contribution in [2.45, 2.75) is 13.2 Å². The Morgan fingerprint density at radius 1 is 1.17 bits per heavy atom. The van der Waals surface area contributed by atoms with Crippen LogP contribution in [0.3, 0.4) is 0 Å². The minimum absolute atomic E-state index is 0.375. The minimum atomic E-state index is -0.375. The van der Waals surface area contributed by atoms with E-state index >= 15 is 0 Å². The Labute approximate surface area is 147 Å². The quantitative estimate of drug-likeness (QED) is 0.590. The van der Waals surface area contributed by atoms with Gasteiger partial charge in [-0.2, -0.15) is 4.37 Å². The van der Waals surface area contributed by atoms with Gasteiger partial charge in [-0.1, -0.05) is 28.1 Å². The number of rotatable bonds is 5. The molecule has 23 heavy (non-hydrogen) atoms. The van der Waals surface area contributed by atoms with E-state index in [1.807, 2.05) is 30.3 Å². The summed E-state index contributed by atoms with van der Waals surface area (Å²) in [5.74, 6) is 0.846. The molecule has 0 spiro atoms. The largest absolute Gasteiger partial charge is 0.352 e. The SMILES string of the molecule is COC(OC)c1ccc2snc(Nc3cccc(Br)c3C)c2c1. The summed E-state index contributed by atoms with van der Waals surface area (Å²) in [6.45, 7) is 2.07. The monoisotopic (exact) mass is 392 g/mol. The standard InChI is InChI=1S/C17H17BrN2O2S/c1-10-13(18)5-4-6-14(10)19-16-12-9-11(17(21-2)22-3)7-8-15(12)23-20-16/h4-9,17H,1-3H3,(H,19,20). The molecule has 0 aliphatic heterocycles. The molecular formula is C17H17BrN2O2S. The van der Waals surface area contributed by atoms with Gasteiger partial charge in [0.25, 0.3) is 0 Å². The van der Waals surface area contributed by atoms with E-state index in [1.54, 1.807) is 14.2 Å². The van der Waals surface area contributed by atoms with Gasteiger partial charge in [-0.15, -0.1) is 0 Å². The van der Waals surface area contributed by atoms with Crippen LogP contribution >= 0.6 is 27.5 Å². The first-order chi connectivity index (χ1) is 11.1. The summed E-state index contributed by atoms with van der Waals surface area (Å²) in [7, 11) is 3.27. The van der Waals surface area contributed by atoms with Crippen LogP contribution in [0.1, 0.15) is 17.4 Å². The van der Waals surface area contributed by atoms with Crippen molar-refractivity contribution in [3.8, 4) is 0 Å². The number of halogens is 1. The van der Waals surface area contributed by atoms with Crippen molar-refractivity contribution in [3.05, 3.63) is 52.0 Å². The van der Waals surface area contributed by atoms with Crippen LogP contribution in [-0.4, -0.2) is 18.6 Å². The van der Waals surface area contributed by atoms with Gasteiger partial charge in [0, 0.05) is 35.3 Å². The van der Waals surface area contributed by atoms with Crippen LogP contribution in [0.5, 0.6) is 0 Å². The van der Waals surface area contributed by atoms with Gasteiger partial charge >= 0.3 is 0 Å². The number of benzene rings is 2. The van der Waals surface area contributed by atoms with Crippen molar-refractivity contribution in [1.29, 1.82) is 0 Å². The number of ether oxygens (including phenoxy) is 2. The molecule has 1 aromatic heterocycles. The highest BCUT2D eigenvalue weighted by atomic mass is 79.9. The zero-order chi connectivity index (χ0) is 16.4. The summed E-state index contributed by atoms with van der Waals surface area (Å²) in [6, 6.07) is 12.2. The zero-order valence-corrected chi connectivity index (χ0v) is 15.5. The number of hydrogen-bond donors (Lipinski definition) is 1. The highest BCUT2D eigenvalue weighted by Gasteiger charge is 2.13. The molecule has 6 heteroatoms. The third kappa shape index (κ3) is 3.26. The average molecular weight is 393 g/mol. The van der Waals surface area contributed by atoms with Gasteiger partial charge in [0.15, 0.2) is 12.1 Å². The first-order valence-corrected chi connectivity index (χ1v) is 8.67. The number of anilines is 2. The summed E-state index contributed by atoms with van der Waals surface area (Å²) in [5.41, 5.74) is 3.15. The molecule has 1 N–H and O–H groups in total. The van der Waals surface area contributed by atoms with Gasteiger partial charge in [0.05, 0.1) is 4.70 Å². The lowest BCUT2D eigenvalue weighted by molar-refractivity contribution is -0.105. The maximum absolute atomic E-state index is 5.34. The van der Waals surface area contributed by atoms with Gasteiger partial charge in [-0.05, 0) is 48.3 Å². The zero-order valence-electron chi connectivity index (χ0n) is 13.1. The second-order valence-corrected chi connectivity index (χ2v) is 6.79. The van der Waals surface area contributed by atoms with Crippen LogP contribution < -0.4 is 5.32 Å². The molecular weight excluding hydrogens is 376 g/mol. The van der Waals surface area contributed by atoms with E-state index in [0.717, 1.165) is 37.2 Å². The normalized spacial score (nSPS) is 11.3. The second kappa shape index (κ2) is 6.97. The Kier molecular flexibility index (Phi) is 4.96. The van der Waals surface area contributed by atoms with E-state index in [4.69, 9.17) is 9.47 Å². The van der Waals surface area contributed by atoms with Crippen LogP contribution in [0.15, 0.2) is 40.9 Å². The molecule has 0 radical (unpaired) electrons. The fourth-order valence-electron chi connectivity index (χ4n) is 2.43. The van der Waals surface area contributed by atoms with E-state index in [-0.39, 0.29) is 6.29 Å². The number of aromatic nitrogens is 1. The van der Waals surface area contributed by atoms with Crippen molar-refractivity contribution in [2.24, 2.45) is 0 Å². The molecule has 120 valence electrons. The summed E-state index contributed by atoms with van der Waals surface area (Å²) in [5, 5.41) is 4.49. The van der Waals surface area contributed by atoms with Crippen LogP contribution in [0.25, 0.3) is 10.1 Å². The first-order valence-electron chi connectivity index (χ1n) is 7.11. The average Bonchev–Trinajstić information content (AvgIpc) is 2.95. The Morgan fingerprint density at radius 2 is 1.96 bits per heavy atom. The third-order valence-corrected chi connectivity index (χ3v) is 5.40. The minimum Gasteiger partial charge on any atom is -0.352 e. The summed E-state index contributed by atoms with van der Waals surface area (Å²) in [6.07, 6.45) is -0.375. The molecule has 0 aliphatic rings. The molecule has 0 amide bonds. The molecule has 0 bridgehead atoms. The Bertz CT molecular complexity index is 831. The maximum Gasteiger partial charge on any atom is 0.183 e. The molecule has 1 heterocycles. The molecule has 0 unspecified atom stereocenters.